The third kappa shape index (κ3) is 9.67. The molecule has 1 atom stereocenters. The number of hydrogen-bond acceptors (Lipinski definition) is 6. The maximum Gasteiger partial charge on any atom is 0.305 e. The van der Waals surface area contributed by atoms with E-state index in [-0.39, 0.29) is 11.2 Å². The van der Waals surface area contributed by atoms with Crippen LogP contribution in [0.3, 0.4) is 0 Å². The second-order valence-electron chi connectivity index (χ2n) is 3.43. The van der Waals surface area contributed by atoms with E-state index in [2.05, 4.69) is 0 Å². The van der Waals surface area contributed by atoms with Gasteiger partial charge in [0.2, 0.25) is 4.38 Å². The summed E-state index contributed by atoms with van der Waals surface area (Å²) in [5.74, 6) is -0.179. The van der Waals surface area contributed by atoms with Gasteiger partial charge in [-0.3, -0.25) is 4.79 Å². The molecule has 0 aliphatic heterocycles. The molecule has 0 aliphatic carbocycles. The lowest BCUT2D eigenvalue weighted by atomic mass is 10.2. The first-order valence-corrected chi connectivity index (χ1v) is 7.49. The van der Waals surface area contributed by atoms with E-state index in [9.17, 15) is 4.79 Å². The second-order valence-corrected chi connectivity index (χ2v) is 5.33. The van der Waals surface area contributed by atoms with Crippen molar-refractivity contribution in [3.05, 3.63) is 0 Å². The van der Waals surface area contributed by atoms with Gasteiger partial charge in [-0.15, -0.1) is 0 Å². The summed E-state index contributed by atoms with van der Waals surface area (Å²) in [6.07, 6.45) is 1.06. The van der Waals surface area contributed by atoms with Crippen molar-refractivity contribution in [3.63, 3.8) is 0 Å². The molecule has 0 aliphatic rings. The molecule has 6 heteroatoms. The van der Waals surface area contributed by atoms with Crippen LogP contribution in [0.2, 0.25) is 0 Å². The molecule has 0 amide bonds. The predicted molar refractivity (Wildman–Crippen MR) is 78.0 cm³/mol. The lowest BCUT2D eigenvalue weighted by Crippen LogP contribution is -2.17. The number of ether oxygens (including phenoxy) is 3. The molecule has 18 heavy (non-hydrogen) atoms. The Morgan fingerprint density at radius 1 is 1.17 bits per heavy atom. The van der Waals surface area contributed by atoms with Crippen molar-refractivity contribution in [3.8, 4) is 0 Å². The minimum Gasteiger partial charge on any atom is -0.479 e. The highest BCUT2D eigenvalue weighted by Gasteiger charge is 2.15. The number of esters is 1. The van der Waals surface area contributed by atoms with Crippen molar-refractivity contribution >= 4 is 34.3 Å². The van der Waals surface area contributed by atoms with Crippen LogP contribution in [0.15, 0.2) is 0 Å². The van der Waals surface area contributed by atoms with Gasteiger partial charge in [-0.1, -0.05) is 11.8 Å². The Labute approximate surface area is 119 Å². The van der Waals surface area contributed by atoms with Gasteiger partial charge < -0.3 is 14.2 Å². The molecule has 0 N–H and O–H groups in total. The van der Waals surface area contributed by atoms with Gasteiger partial charge in [-0.2, -0.15) is 0 Å². The zero-order chi connectivity index (χ0) is 13.8. The SMILES string of the molecule is CCOCC(CCC(=O)OCC)SC(=S)OCC. The van der Waals surface area contributed by atoms with Gasteiger partial charge in [0.05, 0.1) is 19.8 Å². The number of carbonyl (C=O) groups is 1. The molecule has 0 saturated carbocycles. The molecule has 0 aromatic heterocycles. The Balaban J connectivity index is 4.05. The third-order valence-corrected chi connectivity index (χ3v) is 3.43. The van der Waals surface area contributed by atoms with Gasteiger partial charge in [0.1, 0.15) is 0 Å². The molecule has 4 nitrogen and oxygen atoms in total. The minimum absolute atomic E-state index is 0.133. The molecule has 0 heterocycles. The highest BCUT2D eigenvalue weighted by molar-refractivity contribution is 8.23. The van der Waals surface area contributed by atoms with Crippen molar-refractivity contribution in [1.82, 2.24) is 0 Å². The molecular weight excluding hydrogens is 272 g/mol. The fourth-order valence-electron chi connectivity index (χ4n) is 1.23. The molecule has 0 spiro atoms. The summed E-state index contributed by atoms with van der Waals surface area (Å²) < 4.78 is 16.0. The van der Waals surface area contributed by atoms with E-state index >= 15 is 0 Å². The van der Waals surface area contributed by atoms with Gasteiger partial charge in [-0.05, 0) is 39.4 Å². The first-order chi connectivity index (χ1) is 8.63. The van der Waals surface area contributed by atoms with Crippen molar-refractivity contribution in [2.24, 2.45) is 0 Å². The Hall–Kier alpha value is -0.330. The van der Waals surface area contributed by atoms with Gasteiger partial charge in [-0.25, -0.2) is 0 Å². The number of thioether (sulfide) groups is 1. The van der Waals surface area contributed by atoms with Crippen LogP contribution in [0.1, 0.15) is 33.6 Å². The van der Waals surface area contributed by atoms with Crippen LogP contribution in [0, 0.1) is 0 Å². The van der Waals surface area contributed by atoms with Crippen molar-refractivity contribution in [2.45, 2.75) is 38.9 Å². The molecule has 1 unspecified atom stereocenters. The van der Waals surface area contributed by atoms with Crippen LogP contribution in [0.25, 0.3) is 0 Å². The molecule has 0 fully saturated rings. The molecule has 0 radical (unpaired) electrons. The molecule has 0 rings (SSSR count). The maximum absolute atomic E-state index is 11.3. The first-order valence-electron chi connectivity index (χ1n) is 6.20. The summed E-state index contributed by atoms with van der Waals surface area (Å²) in [7, 11) is 0. The summed E-state index contributed by atoms with van der Waals surface area (Å²) >= 11 is 6.53. The highest BCUT2D eigenvalue weighted by Crippen LogP contribution is 2.20. The summed E-state index contributed by atoms with van der Waals surface area (Å²) in [5, 5.41) is 0.133. The Morgan fingerprint density at radius 2 is 1.83 bits per heavy atom. The van der Waals surface area contributed by atoms with E-state index in [0.717, 1.165) is 0 Å². The topological polar surface area (TPSA) is 44.8 Å². The average molecular weight is 294 g/mol. The van der Waals surface area contributed by atoms with Crippen LogP contribution in [-0.4, -0.2) is 42.0 Å². The zero-order valence-corrected chi connectivity index (χ0v) is 12.9. The van der Waals surface area contributed by atoms with E-state index in [1.54, 1.807) is 6.92 Å². The maximum atomic E-state index is 11.3. The third-order valence-electron chi connectivity index (χ3n) is 2.01. The van der Waals surface area contributed by atoms with Crippen LogP contribution in [-0.2, 0) is 19.0 Å². The summed E-state index contributed by atoms with van der Waals surface area (Å²) in [5.41, 5.74) is 0. The fraction of sp³-hybridized carbons (Fsp3) is 0.833. The summed E-state index contributed by atoms with van der Waals surface area (Å²) in [6.45, 7) is 7.82. The molecule has 0 saturated heterocycles. The van der Waals surface area contributed by atoms with Crippen molar-refractivity contribution in [1.29, 1.82) is 0 Å². The van der Waals surface area contributed by atoms with E-state index in [4.69, 9.17) is 26.4 Å². The summed E-state index contributed by atoms with van der Waals surface area (Å²) in [6, 6.07) is 0. The average Bonchev–Trinajstić information content (AvgIpc) is 2.33. The smallest absolute Gasteiger partial charge is 0.305 e. The van der Waals surface area contributed by atoms with Gasteiger partial charge in [0.15, 0.2) is 0 Å². The Kier molecular flexibility index (Phi) is 11.5. The monoisotopic (exact) mass is 294 g/mol. The fourth-order valence-corrected chi connectivity index (χ4v) is 2.61. The lowest BCUT2D eigenvalue weighted by molar-refractivity contribution is -0.143. The molecular formula is C12H22O4S2. The lowest BCUT2D eigenvalue weighted by Gasteiger charge is -2.16. The molecule has 0 aromatic carbocycles. The Morgan fingerprint density at radius 3 is 2.39 bits per heavy atom. The Bertz CT molecular complexity index is 246. The highest BCUT2D eigenvalue weighted by atomic mass is 32.2. The standard InChI is InChI=1S/C12H22O4S2/c1-4-14-9-10(18-12(17)16-6-3)7-8-11(13)15-5-2/h10H,4-9H2,1-3H3. The largest absolute Gasteiger partial charge is 0.479 e. The van der Waals surface area contributed by atoms with Crippen LogP contribution >= 0.6 is 24.0 Å². The van der Waals surface area contributed by atoms with Crippen LogP contribution < -0.4 is 0 Å². The number of carbonyl (C=O) groups excluding carboxylic acids is 1. The normalized spacial score (nSPS) is 11.9. The zero-order valence-electron chi connectivity index (χ0n) is 11.3. The van der Waals surface area contributed by atoms with E-state index in [1.165, 1.54) is 11.8 Å². The second kappa shape index (κ2) is 11.7. The van der Waals surface area contributed by atoms with Crippen LogP contribution in [0.4, 0.5) is 0 Å². The number of hydrogen-bond donors (Lipinski definition) is 0. The molecule has 0 bridgehead atoms. The molecule has 106 valence electrons. The van der Waals surface area contributed by atoms with Gasteiger partial charge in [0.25, 0.3) is 0 Å². The quantitative estimate of drug-likeness (QED) is 0.481. The number of rotatable bonds is 9. The van der Waals surface area contributed by atoms with Crippen molar-refractivity contribution in [2.75, 3.05) is 26.4 Å². The van der Waals surface area contributed by atoms with Crippen LogP contribution in [0.5, 0.6) is 0 Å². The van der Waals surface area contributed by atoms with E-state index < -0.39 is 0 Å². The summed E-state index contributed by atoms with van der Waals surface area (Å²) in [4.78, 5) is 11.3. The van der Waals surface area contributed by atoms with Gasteiger partial charge in [0, 0.05) is 18.3 Å². The van der Waals surface area contributed by atoms with E-state index in [1.807, 2.05) is 13.8 Å². The predicted octanol–water partition coefficient (Wildman–Crippen LogP) is 2.79. The number of thiocarbonyl (C=S) groups is 1. The minimum atomic E-state index is -0.179. The van der Waals surface area contributed by atoms with Crippen molar-refractivity contribution < 1.29 is 19.0 Å². The molecule has 0 aromatic rings. The van der Waals surface area contributed by atoms with Gasteiger partial charge >= 0.3 is 5.97 Å². The first kappa shape index (κ1) is 17.7. The van der Waals surface area contributed by atoms with E-state index in [0.29, 0.717) is 43.7 Å².